The molecule has 0 radical (unpaired) electrons. The summed E-state index contributed by atoms with van der Waals surface area (Å²) in [5.74, 6) is 0. The second-order valence-electron chi connectivity index (χ2n) is 6.14. The quantitative estimate of drug-likeness (QED) is 0.684. The Bertz CT molecular complexity index is 187. The van der Waals surface area contributed by atoms with Crippen molar-refractivity contribution in [3.8, 4) is 0 Å². The minimum Gasteiger partial charge on any atom is -0.760 e. The number of rotatable bonds is 3. The molecule has 0 aromatic carbocycles. The molecule has 86 valence electrons. The van der Waals surface area contributed by atoms with Crippen LogP contribution in [0.5, 0.6) is 0 Å². The van der Waals surface area contributed by atoms with E-state index in [1.54, 1.807) is 0 Å². The Hall–Kier alpha value is 0.0700. The van der Waals surface area contributed by atoms with Crippen LogP contribution in [-0.2, 0) is 11.3 Å². The zero-order chi connectivity index (χ0) is 11.6. The SMILES string of the molecule is CC(C)(C)CN(CC(C)(C)C)S(=O)[O-]. The summed E-state index contributed by atoms with van der Waals surface area (Å²) in [6.07, 6.45) is 0. The van der Waals surface area contributed by atoms with Crippen LogP contribution in [0.3, 0.4) is 0 Å². The molecule has 1 atom stereocenters. The van der Waals surface area contributed by atoms with Gasteiger partial charge in [-0.05, 0) is 10.8 Å². The molecular weight excluding hydrogens is 198 g/mol. The van der Waals surface area contributed by atoms with Crippen molar-refractivity contribution in [2.75, 3.05) is 13.1 Å². The van der Waals surface area contributed by atoms with E-state index in [0.717, 1.165) is 0 Å². The molecule has 0 amide bonds. The molecular formula is C10H22NO2S-. The molecule has 0 heterocycles. The molecule has 0 aromatic rings. The fourth-order valence-corrected chi connectivity index (χ4v) is 2.20. The molecule has 0 aliphatic carbocycles. The van der Waals surface area contributed by atoms with Gasteiger partial charge >= 0.3 is 0 Å². The molecule has 0 fully saturated rings. The molecule has 3 nitrogen and oxygen atoms in total. The van der Waals surface area contributed by atoms with Crippen molar-refractivity contribution in [2.24, 2.45) is 10.8 Å². The Morgan fingerprint density at radius 2 is 1.29 bits per heavy atom. The fraction of sp³-hybridized carbons (Fsp3) is 1.00. The van der Waals surface area contributed by atoms with Crippen LogP contribution in [0.15, 0.2) is 0 Å². The molecule has 0 bridgehead atoms. The van der Waals surface area contributed by atoms with Crippen LogP contribution < -0.4 is 0 Å². The van der Waals surface area contributed by atoms with Crippen LogP contribution in [-0.4, -0.2) is 26.2 Å². The zero-order valence-corrected chi connectivity index (χ0v) is 10.9. The Balaban J connectivity index is 4.40. The molecule has 4 heteroatoms. The second-order valence-corrected chi connectivity index (χ2v) is 7.09. The van der Waals surface area contributed by atoms with Gasteiger partial charge < -0.3 is 4.55 Å². The van der Waals surface area contributed by atoms with Gasteiger partial charge in [0.1, 0.15) is 0 Å². The molecule has 0 aromatic heterocycles. The van der Waals surface area contributed by atoms with E-state index in [2.05, 4.69) is 0 Å². The van der Waals surface area contributed by atoms with Crippen LogP contribution in [0.4, 0.5) is 0 Å². The molecule has 0 aliphatic heterocycles. The highest BCUT2D eigenvalue weighted by atomic mass is 32.2. The zero-order valence-electron chi connectivity index (χ0n) is 10.1. The summed E-state index contributed by atoms with van der Waals surface area (Å²) in [6, 6.07) is 0. The van der Waals surface area contributed by atoms with Crippen molar-refractivity contribution in [3.05, 3.63) is 0 Å². The van der Waals surface area contributed by atoms with E-state index in [1.807, 2.05) is 41.5 Å². The average Bonchev–Trinajstić information content (AvgIpc) is 1.78. The molecule has 0 saturated carbocycles. The van der Waals surface area contributed by atoms with Gasteiger partial charge in [0.2, 0.25) is 0 Å². The van der Waals surface area contributed by atoms with E-state index in [-0.39, 0.29) is 10.8 Å². The van der Waals surface area contributed by atoms with Gasteiger partial charge in [-0.15, -0.1) is 0 Å². The van der Waals surface area contributed by atoms with E-state index < -0.39 is 11.3 Å². The van der Waals surface area contributed by atoms with Gasteiger partial charge in [-0.25, -0.2) is 4.31 Å². The van der Waals surface area contributed by atoms with Gasteiger partial charge in [-0.3, -0.25) is 4.21 Å². The summed E-state index contributed by atoms with van der Waals surface area (Å²) in [4.78, 5) is 0. The lowest BCUT2D eigenvalue weighted by atomic mass is 9.94. The number of hydrogen-bond acceptors (Lipinski definition) is 2. The van der Waals surface area contributed by atoms with E-state index in [4.69, 9.17) is 0 Å². The minimum absolute atomic E-state index is 0.00528. The highest BCUT2D eigenvalue weighted by molar-refractivity contribution is 7.76. The van der Waals surface area contributed by atoms with Gasteiger partial charge in [-0.1, -0.05) is 41.5 Å². The van der Waals surface area contributed by atoms with Crippen molar-refractivity contribution >= 4 is 11.3 Å². The molecule has 0 saturated heterocycles. The van der Waals surface area contributed by atoms with Gasteiger partial charge in [0.25, 0.3) is 0 Å². The van der Waals surface area contributed by atoms with Gasteiger partial charge in [0.15, 0.2) is 0 Å². The lowest BCUT2D eigenvalue weighted by Gasteiger charge is -2.35. The van der Waals surface area contributed by atoms with Crippen LogP contribution in [0, 0.1) is 10.8 Å². The lowest BCUT2D eigenvalue weighted by molar-refractivity contribution is 0.218. The van der Waals surface area contributed by atoms with E-state index >= 15 is 0 Å². The maximum absolute atomic E-state index is 11.0. The number of hydrogen-bond donors (Lipinski definition) is 0. The third-order valence-electron chi connectivity index (χ3n) is 1.51. The summed E-state index contributed by atoms with van der Waals surface area (Å²) < 4.78 is 23.5. The minimum atomic E-state index is -2.11. The van der Waals surface area contributed by atoms with Gasteiger partial charge in [0.05, 0.1) is 0 Å². The first-order valence-electron chi connectivity index (χ1n) is 4.86. The molecule has 0 aliphatic rings. The van der Waals surface area contributed by atoms with E-state index in [9.17, 15) is 8.76 Å². The molecule has 1 unspecified atom stereocenters. The van der Waals surface area contributed by atoms with E-state index in [0.29, 0.717) is 13.1 Å². The molecule has 14 heavy (non-hydrogen) atoms. The normalized spacial score (nSPS) is 16.0. The average molecular weight is 220 g/mol. The highest BCUT2D eigenvalue weighted by Crippen LogP contribution is 2.21. The lowest BCUT2D eigenvalue weighted by Crippen LogP contribution is -2.39. The van der Waals surface area contributed by atoms with Crippen molar-refractivity contribution < 1.29 is 8.76 Å². The molecule has 0 spiro atoms. The summed E-state index contributed by atoms with van der Waals surface area (Å²) in [5.41, 5.74) is 0.0106. The van der Waals surface area contributed by atoms with Crippen molar-refractivity contribution in [2.45, 2.75) is 41.5 Å². The van der Waals surface area contributed by atoms with Crippen LogP contribution >= 0.6 is 0 Å². The Morgan fingerprint density at radius 1 is 1.00 bits per heavy atom. The Morgan fingerprint density at radius 3 is 1.43 bits per heavy atom. The van der Waals surface area contributed by atoms with Gasteiger partial charge in [0, 0.05) is 24.4 Å². The Labute approximate surface area is 90.3 Å². The first-order chi connectivity index (χ1) is 6.01. The topological polar surface area (TPSA) is 43.4 Å². The van der Waals surface area contributed by atoms with Crippen LogP contribution in [0.25, 0.3) is 0 Å². The second kappa shape index (κ2) is 4.73. The molecule has 0 N–H and O–H groups in total. The van der Waals surface area contributed by atoms with Gasteiger partial charge in [-0.2, -0.15) is 0 Å². The maximum atomic E-state index is 11.0. The summed E-state index contributed by atoms with van der Waals surface area (Å²) >= 11 is -2.11. The van der Waals surface area contributed by atoms with Crippen LogP contribution in [0.1, 0.15) is 41.5 Å². The summed E-state index contributed by atoms with van der Waals surface area (Å²) in [5, 5.41) is 0. The standard InChI is InChI=1S/C10H23NO2S/c1-9(2,3)7-11(14(12)13)8-10(4,5)6/h7-8H2,1-6H3,(H,12,13)/p-1. The number of nitrogens with zero attached hydrogens (tertiary/aromatic N) is 1. The largest absolute Gasteiger partial charge is 0.760 e. The first-order valence-corrected chi connectivity index (χ1v) is 5.89. The highest BCUT2D eigenvalue weighted by Gasteiger charge is 2.22. The smallest absolute Gasteiger partial charge is 0.0209 e. The predicted molar refractivity (Wildman–Crippen MR) is 59.4 cm³/mol. The third-order valence-corrected chi connectivity index (χ3v) is 2.19. The van der Waals surface area contributed by atoms with Crippen LogP contribution in [0.2, 0.25) is 0 Å². The van der Waals surface area contributed by atoms with Crippen molar-refractivity contribution in [1.29, 1.82) is 0 Å². The summed E-state index contributed by atoms with van der Waals surface area (Å²) in [6.45, 7) is 13.4. The summed E-state index contributed by atoms with van der Waals surface area (Å²) in [7, 11) is 0. The monoisotopic (exact) mass is 220 g/mol. The molecule has 0 rings (SSSR count). The third kappa shape index (κ3) is 7.47. The Kier molecular flexibility index (Phi) is 4.75. The maximum Gasteiger partial charge on any atom is 0.0209 e. The van der Waals surface area contributed by atoms with E-state index in [1.165, 1.54) is 4.31 Å². The van der Waals surface area contributed by atoms with Crippen molar-refractivity contribution in [1.82, 2.24) is 4.31 Å². The predicted octanol–water partition coefficient (Wildman–Crippen LogP) is 2.17. The fourth-order valence-electron chi connectivity index (χ4n) is 1.22. The first kappa shape index (κ1) is 14.1. The van der Waals surface area contributed by atoms with Crippen molar-refractivity contribution in [3.63, 3.8) is 0 Å².